The van der Waals surface area contributed by atoms with Crippen molar-refractivity contribution in [1.82, 2.24) is 0 Å². The molecule has 0 amide bonds. The average molecular weight is 354 g/mol. The van der Waals surface area contributed by atoms with Gasteiger partial charge in [-0.1, -0.05) is 86.7 Å². The van der Waals surface area contributed by atoms with Crippen LogP contribution in [0.3, 0.4) is 0 Å². The van der Waals surface area contributed by atoms with E-state index in [0.29, 0.717) is 0 Å². The summed E-state index contributed by atoms with van der Waals surface area (Å²) in [6, 6.07) is 6.43. The van der Waals surface area contributed by atoms with E-state index in [2.05, 4.69) is 53.3 Å². The Bertz CT molecular complexity index is 376. The summed E-state index contributed by atoms with van der Waals surface area (Å²) in [5.41, 5.74) is 2.59. The lowest BCUT2D eigenvalue weighted by Gasteiger charge is -2.10. The highest BCUT2D eigenvalue weighted by atomic mass is 79.9. The molecule has 1 rings (SSSR count). The Morgan fingerprint density at radius 3 is 2.05 bits per heavy atom. The highest BCUT2D eigenvalue weighted by Gasteiger charge is 1.98. The summed E-state index contributed by atoms with van der Waals surface area (Å²) in [5, 5.41) is 3.55. The first-order chi connectivity index (χ1) is 10.2. The number of nitrogens with one attached hydrogen (secondary N) is 1. The second-order valence-electron chi connectivity index (χ2n) is 6.07. The maximum Gasteiger partial charge on any atom is 0.0381 e. The lowest BCUT2D eigenvalue weighted by molar-refractivity contribution is 0.560. The van der Waals surface area contributed by atoms with Crippen molar-refractivity contribution in [3.05, 3.63) is 28.2 Å². The Kier molecular flexibility index (Phi) is 10.7. The monoisotopic (exact) mass is 353 g/mol. The van der Waals surface area contributed by atoms with Crippen LogP contribution in [0.1, 0.15) is 76.7 Å². The van der Waals surface area contributed by atoms with Gasteiger partial charge in [0.15, 0.2) is 0 Å². The Morgan fingerprint density at radius 1 is 0.857 bits per heavy atom. The van der Waals surface area contributed by atoms with E-state index < -0.39 is 0 Å². The van der Waals surface area contributed by atoms with Crippen LogP contribution < -0.4 is 5.32 Å². The van der Waals surface area contributed by atoms with Crippen LogP contribution in [0.4, 0.5) is 5.69 Å². The van der Waals surface area contributed by atoms with Crippen molar-refractivity contribution >= 4 is 21.6 Å². The maximum atomic E-state index is 3.55. The molecule has 0 fully saturated rings. The minimum Gasteiger partial charge on any atom is -0.385 e. The van der Waals surface area contributed by atoms with Gasteiger partial charge in [0.1, 0.15) is 0 Å². The number of benzene rings is 1. The molecule has 0 saturated carbocycles. The van der Waals surface area contributed by atoms with Crippen LogP contribution in [0.2, 0.25) is 0 Å². The lowest BCUT2D eigenvalue weighted by atomic mass is 10.1. The number of unbranched alkanes of at least 4 members (excludes halogenated alkanes) is 9. The van der Waals surface area contributed by atoms with E-state index in [1.54, 1.807) is 0 Å². The number of hydrogen-bond donors (Lipinski definition) is 1. The Balaban J connectivity index is 1.94. The van der Waals surface area contributed by atoms with E-state index in [4.69, 9.17) is 0 Å². The predicted octanol–water partition coefficient (Wildman–Crippen LogP) is 7.09. The number of aryl methyl sites for hydroxylation is 1. The summed E-state index contributed by atoms with van der Waals surface area (Å²) < 4.78 is 1.15. The van der Waals surface area contributed by atoms with Crippen molar-refractivity contribution in [1.29, 1.82) is 0 Å². The molecule has 0 aliphatic rings. The van der Waals surface area contributed by atoms with Crippen LogP contribution >= 0.6 is 15.9 Å². The van der Waals surface area contributed by atoms with Crippen molar-refractivity contribution in [2.24, 2.45) is 0 Å². The zero-order chi connectivity index (χ0) is 15.3. The molecule has 0 atom stereocenters. The number of rotatable bonds is 12. The van der Waals surface area contributed by atoms with Gasteiger partial charge in [-0.25, -0.2) is 0 Å². The van der Waals surface area contributed by atoms with Crippen LogP contribution in [0.15, 0.2) is 22.7 Å². The van der Waals surface area contributed by atoms with E-state index in [1.807, 2.05) is 0 Å². The van der Waals surface area contributed by atoms with Crippen molar-refractivity contribution in [2.75, 3.05) is 11.9 Å². The molecule has 1 nitrogen and oxygen atoms in total. The minimum absolute atomic E-state index is 1.09. The van der Waals surface area contributed by atoms with Gasteiger partial charge in [-0.2, -0.15) is 0 Å². The molecule has 0 bridgehead atoms. The molecule has 120 valence electrons. The van der Waals surface area contributed by atoms with E-state index in [0.717, 1.165) is 11.0 Å². The van der Waals surface area contributed by atoms with Gasteiger partial charge in [-0.05, 0) is 31.0 Å². The standard InChI is InChI=1S/C19H32BrN/c1-3-4-5-6-7-8-9-10-11-12-15-21-19-16-18(20)14-13-17(19)2/h13-14,16,21H,3-12,15H2,1-2H3. The summed E-state index contributed by atoms with van der Waals surface area (Å²) in [5.74, 6) is 0. The van der Waals surface area contributed by atoms with E-state index >= 15 is 0 Å². The van der Waals surface area contributed by atoms with Crippen molar-refractivity contribution < 1.29 is 0 Å². The third-order valence-corrected chi connectivity index (χ3v) is 4.54. The van der Waals surface area contributed by atoms with Crippen LogP contribution in [-0.2, 0) is 0 Å². The summed E-state index contributed by atoms with van der Waals surface area (Å²) in [6.07, 6.45) is 14.0. The highest BCUT2D eigenvalue weighted by Crippen LogP contribution is 2.20. The fourth-order valence-corrected chi connectivity index (χ4v) is 2.98. The van der Waals surface area contributed by atoms with E-state index in [-0.39, 0.29) is 0 Å². The van der Waals surface area contributed by atoms with Gasteiger partial charge >= 0.3 is 0 Å². The van der Waals surface area contributed by atoms with Crippen LogP contribution in [0.25, 0.3) is 0 Å². The molecule has 1 aromatic carbocycles. The zero-order valence-electron chi connectivity index (χ0n) is 13.9. The van der Waals surface area contributed by atoms with Crippen molar-refractivity contribution in [3.8, 4) is 0 Å². The third kappa shape index (κ3) is 9.18. The molecule has 0 saturated heterocycles. The Hall–Kier alpha value is -0.500. The first kappa shape index (κ1) is 18.5. The molecule has 21 heavy (non-hydrogen) atoms. The second-order valence-corrected chi connectivity index (χ2v) is 6.98. The molecule has 0 radical (unpaired) electrons. The largest absolute Gasteiger partial charge is 0.385 e. The van der Waals surface area contributed by atoms with Gasteiger partial charge in [0.25, 0.3) is 0 Å². The Morgan fingerprint density at radius 2 is 1.43 bits per heavy atom. The van der Waals surface area contributed by atoms with E-state index in [1.165, 1.54) is 75.5 Å². The lowest BCUT2D eigenvalue weighted by Crippen LogP contribution is -2.02. The minimum atomic E-state index is 1.09. The fourth-order valence-electron chi connectivity index (χ4n) is 2.62. The first-order valence-electron chi connectivity index (χ1n) is 8.74. The molecule has 1 aromatic rings. The number of halogens is 1. The van der Waals surface area contributed by atoms with Gasteiger partial charge in [-0.3, -0.25) is 0 Å². The first-order valence-corrected chi connectivity index (χ1v) is 9.53. The van der Waals surface area contributed by atoms with Gasteiger partial charge in [-0.15, -0.1) is 0 Å². The number of anilines is 1. The van der Waals surface area contributed by atoms with Crippen molar-refractivity contribution in [2.45, 2.75) is 78.1 Å². The molecule has 0 heterocycles. The number of hydrogen-bond acceptors (Lipinski definition) is 1. The molecule has 0 aromatic heterocycles. The molecule has 0 unspecified atom stereocenters. The summed E-state index contributed by atoms with van der Waals surface area (Å²) in [6.45, 7) is 5.53. The SMILES string of the molecule is CCCCCCCCCCCCNc1cc(Br)ccc1C. The van der Waals surface area contributed by atoms with Gasteiger partial charge in [0.05, 0.1) is 0 Å². The molecule has 1 N–H and O–H groups in total. The van der Waals surface area contributed by atoms with Gasteiger partial charge in [0, 0.05) is 16.7 Å². The van der Waals surface area contributed by atoms with Gasteiger partial charge < -0.3 is 5.32 Å². The fraction of sp³-hybridized carbons (Fsp3) is 0.684. The smallest absolute Gasteiger partial charge is 0.0381 e. The van der Waals surface area contributed by atoms with Crippen LogP contribution in [0, 0.1) is 6.92 Å². The zero-order valence-corrected chi connectivity index (χ0v) is 15.5. The summed E-state index contributed by atoms with van der Waals surface area (Å²) >= 11 is 3.53. The molecular weight excluding hydrogens is 322 g/mol. The van der Waals surface area contributed by atoms with Crippen LogP contribution in [0.5, 0.6) is 0 Å². The maximum absolute atomic E-state index is 3.55. The van der Waals surface area contributed by atoms with E-state index in [9.17, 15) is 0 Å². The highest BCUT2D eigenvalue weighted by molar-refractivity contribution is 9.10. The van der Waals surface area contributed by atoms with Crippen molar-refractivity contribution in [3.63, 3.8) is 0 Å². The third-order valence-electron chi connectivity index (χ3n) is 4.05. The predicted molar refractivity (Wildman–Crippen MR) is 99.2 cm³/mol. The summed E-state index contributed by atoms with van der Waals surface area (Å²) in [7, 11) is 0. The molecule has 0 aliphatic heterocycles. The Labute approximate surface area is 140 Å². The quantitative estimate of drug-likeness (QED) is 0.395. The normalized spacial score (nSPS) is 10.8. The molecule has 0 aliphatic carbocycles. The average Bonchev–Trinajstić information content (AvgIpc) is 2.48. The second kappa shape index (κ2) is 12.1. The molecule has 0 spiro atoms. The van der Waals surface area contributed by atoms with Gasteiger partial charge in [0.2, 0.25) is 0 Å². The summed E-state index contributed by atoms with van der Waals surface area (Å²) in [4.78, 5) is 0. The topological polar surface area (TPSA) is 12.0 Å². The van der Waals surface area contributed by atoms with Crippen LogP contribution in [-0.4, -0.2) is 6.54 Å². The molecule has 2 heteroatoms. The molecular formula is C19H32BrN.